The van der Waals surface area contributed by atoms with Crippen molar-refractivity contribution in [2.24, 2.45) is 5.92 Å². The molecule has 0 aliphatic heterocycles. The van der Waals surface area contributed by atoms with Crippen LogP contribution in [0.5, 0.6) is 11.5 Å². The minimum atomic E-state index is 0.350. The Balaban J connectivity index is 1.64. The molecule has 1 fully saturated rings. The Bertz CT molecular complexity index is 386. The van der Waals surface area contributed by atoms with Crippen LogP contribution in [0.3, 0.4) is 0 Å². The smallest absolute Gasteiger partial charge is 0.161 e. The molecule has 0 aromatic heterocycles. The van der Waals surface area contributed by atoms with Gasteiger partial charge >= 0.3 is 0 Å². The summed E-state index contributed by atoms with van der Waals surface area (Å²) < 4.78 is 10.9. The van der Waals surface area contributed by atoms with Crippen LogP contribution < -0.4 is 14.8 Å². The lowest BCUT2D eigenvalue weighted by Crippen LogP contribution is -2.29. The predicted molar refractivity (Wildman–Crippen MR) is 78.3 cm³/mol. The Hall–Kier alpha value is -0.930. The topological polar surface area (TPSA) is 30.5 Å². The van der Waals surface area contributed by atoms with Crippen LogP contribution in [-0.4, -0.2) is 32.2 Å². The normalized spacial score (nSPS) is 22.4. The van der Waals surface area contributed by atoms with Crippen molar-refractivity contribution in [2.75, 3.05) is 26.8 Å². The van der Waals surface area contributed by atoms with Gasteiger partial charge in [0.15, 0.2) is 11.5 Å². The lowest BCUT2D eigenvalue weighted by molar-refractivity contribution is 0.289. The molecule has 2 unspecified atom stereocenters. The summed E-state index contributed by atoms with van der Waals surface area (Å²) in [5, 5.41) is 3.76. The largest absolute Gasteiger partial charge is 0.493 e. The van der Waals surface area contributed by atoms with Crippen molar-refractivity contribution in [3.8, 4) is 11.5 Å². The van der Waals surface area contributed by atoms with Gasteiger partial charge in [0, 0.05) is 11.9 Å². The Kier molecular flexibility index (Phi) is 5.80. The number of alkyl halides is 1. The number of ether oxygens (including phenoxy) is 2. The molecule has 0 spiro atoms. The summed E-state index contributed by atoms with van der Waals surface area (Å²) in [5.74, 6) is 2.19. The first kappa shape index (κ1) is 14.5. The molecule has 0 heterocycles. The minimum absolute atomic E-state index is 0.350. The van der Waals surface area contributed by atoms with E-state index in [0.29, 0.717) is 17.9 Å². The van der Waals surface area contributed by atoms with Crippen LogP contribution in [0.25, 0.3) is 0 Å². The highest BCUT2D eigenvalue weighted by Gasteiger charge is 2.24. The van der Waals surface area contributed by atoms with Gasteiger partial charge in [-0.15, -0.1) is 11.6 Å². The summed E-state index contributed by atoms with van der Waals surface area (Å²) >= 11 is 6.24. The number of halogens is 1. The van der Waals surface area contributed by atoms with E-state index in [2.05, 4.69) is 5.32 Å². The third-order valence-corrected chi connectivity index (χ3v) is 4.15. The molecule has 1 aliphatic carbocycles. The molecule has 3 nitrogen and oxygen atoms in total. The maximum Gasteiger partial charge on any atom is 0.161 e. The summed E-state index contributed by atoms with van der Waals surface area (Å²) in [5.41, 5.74) is 0. The number of hydrogen-bond donors (Lipinski definition) is 1. The maximum absolute atomic E-state index is 6.24. The average Bonchev–Trinajstić information content (AvgIpc) is 2.84. The van der Waals surface area contributed by atoms with Gasteiger partial charge in [0.2, 0.25) is 0 Å². The molecule has 0 bridgehead atoms. The first-order valence-electron chi connectivity index (χ1n) is 6.92. The molecule has 2 rings (SSSR count). The van der Waals surface area contributed by atoms with Crippen LogP contribution in [-0.2, 0) is 0 Å². The molecule has 4 heteroatoms. The molecule has 1 saturated carbocycles. The van der Waals surface area contributed by atoms with Crippen molar-refractivity contribution in [1.29, 1.82) is 0 Å². The minimum Gasteiger partial charge on any atom is -0.493 e. The van der Waals surface area contributed by atoms with Gasteiger partial charge in [-0.1, -0.05) is 18.6 Å². The molecular weight excluding hydrogens is 262 g/mol. The molecule has 19 heavy (non-hydrogen) atoms. The zero-order valence-electron chi connectivity index (χ0n) is 11.4. The summed E-state index contributed by atoms with van der Waals surface area (Å²) in [7, 11) is 1.65. The van der Waals surface area contributed by atoms with Crippen LogP contribution in [0, 0.1) is 5.92 Å². The molecule has 0 saturated heterocycles. The van der Waals surface area contributed by atoms with E-state index in [4.69, 9.17) is 21.1 Å². The van der Waals surface area contributed by atoms with E-state index >= 15 is 0 Å². The van der Waals surface area contributed by atoms with Crippen molar-refractivity contribution in [3.05, 3.63) is 24.3 Å². The maximum atomic E-state index is 6.24. The highest BCUT2D eigenvalue weighted by molar-refractivity contribution is 6.20. The first-order valence-corrected chi connectivity index (χ1v) is 7.35. The van der Waals surface area contributed by atoms with E-state index in [0.717, 1.165) is 31.0 Å². The monoisotopic (exact) mass is 283 g/mol. The Morgan fingerprint density at radius 3 is 2.74 bits per heavy atom. The number of nitrogens with one attached hydrogen (secondary N) is 1. The highest BCUT2D eigenvalue weighted by atomic mass is 35.5. The van der Waals surface area contributed by atoms with Gasteiger partial charge in [-0.2, -0.15) is 0 Å². The predicted octanol–water partition coefficient (Wildman–Crippen LogP) is 3.07. The van der Waals surface area contributed by atoms with E-state index < -0.39 is 0 Å². The fourth-order valence-corrected chi connectivity index (χ4v) is 2.85. The van der Waals surface area contributed by atoms with Gasteiger partial charge in [0.1, 0.15) is 6.61 Å². The Labute approximate surface area is 120 Å². The first-order chi connectivity index (χ1) is 9.31. The molecule has 1 N–H and O–H groups in total. The molecule has 1 aliphatic rings. The fraction of sp³-hybridized carbons (Fsp3) is 0.600. The van der Waals surface area contributed by atoms with E-state index in [1.54, 1.807) is 7.11 Å². The van der Waals surface area contributed by atoms with Gasteiger partial charge in [-0.3, -0.25) is 0 Å². The second-order valence-corrected chi connectivity index (χ2v) is 5.47. The molecule has 0 amide bonds. The fourth-order valence-electron chi connectivity index (χ4n) is 2.48. The SMILES string of the molecule is COc1ccccc1OCCNCC1CCCC1Cl. The lowest BCUT2D eigenvalue weighted by Gasteiger charge is -2.15. The summed E-state index contributed by atoms with van der Waals surface area (Å²) in [6, 6.07) is 7.70. The summed E-state index contributed by atoms with van der Waals surface area (Å²) in [6.07, 6.45) is 3.67. The van der Waals surface area contributed by atoms with Crippen LogP contribution in [0.15, 0.2) is 24.3 Å². The number of para-hydroxylation sites is 2. The standard InChI is InChI=1S/C15H22ClNO2/c1-18-14-7-2-3-8-15(14)19-10-9-17-11-12-5-4-6-13(12)16/h2-3,7-8,12-13,17H,4-6,9-11H2,1H3. The average molecular weight is 284 g/mol. The van der Waals surface area contributed by atoms with E-state index in [1.807, 2.05) is 24.3 Å². The number of rotatable bonds is 7. The van der Waals surface area contributed by atoms with Crippen molar-refractivity contribution in [1.82, 2.24) is 5.32 Å². The number of benzene rings is 1. The Morgan fingerprint density at radius 1 is 1.26 bits per heavy atom. The number of methoxy groups -OCH3 is 1. The second-order valence-electron chi connectivity index (χ2n) is 4.91. The van der Waals surface area contributed by atoms with E-state index in [-0.39, 0.29) is 0 Å². The van der Waals surface area contributed by atoms with Crippen molar-refractivity contribution in [3.63, 3.8) is 0 Å². The third-order valence-electron chi connectivity index (χ3n) is 3.58. The van der Waals surface area contributed by atoms with E-state index in [1.165, 1.54) is 12.8 Å². The van der Waals surface area contributed by atoms with Gasteiger partial charge in [-0.25, -0.2) is 0 Å². The second kappa shape index (κ2) is 7.61. The van der Waals surface area contributed by atoms with Crippen molar-refractivity contribution < 1.29 is 9.47 Å². The zero-order chi connectivity index (χ0) is 13.5. The van der Waals surface area contributed by atoms with Crippen molar-refractivity contribution in [2.45, 2.75) is 24.6 Å². The van der Waals surface area contributed by atoms with Gasteiger partial charge < -0.3 is 14.8 Å². The van der Waals surface area contributed by atoms with E-state index in [9.17, 15) is 0 Å². The molecule has 2 atom stereocenters. The quantitative estimate of drug-likeness (QED) is 0.616. The summed E-state index contributed by atoms with van der Waals surface area (Å²) in [6.45, 7) is 2.46. The summed E-state index contributed by atoms with van der Waals surface area (Å²) in [4.78, 5) is 0. The highest BCUT2D eigenvalue weighted by Crippen LogP contribution is 2.29. The Morgan fingerprint density at radius 2 is 2.05 bits per heavy atom. The lowest BCUT2D eigenvalue weighted by atomic mass is 10.1. The van der Waals surface area contributed by atoms with Gasteiger partial charge in [0.25, 0.3) is 0 Å². The van der Waals surface area contributed by atoms with Gasteiger partial charge in [-0.05, 0) is 37.4 Å². The van der Waals surface area contributed by atoms with Crippen LogP contribution in [0.1, 0.15) is 19.3 Å². The van der Waals surface area contributed by atoms with Crippen molar-refractivity contribution >= 4 is 11.6 Å². The van der Waals surface area contributed by atoms with Crippen LogP contribution >= 0.6 is 11.6 Å². The molecule has 1 aromatic rings. The third kappa shape index (κ3) is 4.29. The number of hydrogen-bond acceptors (Lipinski definition) is 3. The molecule has 1 aromatic carbocycles. The molecular formula is C15H22ClNO2. The molecule has 106 valence electrons. The molecule has 0 radical (unpaired) electrons. The van der Waals surface area contributed by atoms with Crippen LogP contribution in [0.4, 0.5) is 0 Å². The van der Waals surface area contributed by atoms with Gasteiger partial charge in [0.05, 0.1) is 7.11 Å². The van der Waals surface area contributed by atoms with Crippen LogP contribution in [0.2, 0.25) is 0 Å². The zero-order valence-corrected chi connectivity index (χ0v) is 12.2.